The summed E-state index contributed by atoms with van der Waals surface area (Å²) < 4.78 is 18.8. The highest BCUT2D eigenvalue weighted by Gasteiger charge is 2.34. The fourth-order valence-electron chi connectivity index (χ4n) is 4.52. The molecule has 7 nitrogen and oxygen atoms in total. The van der Waals surface area contributed by atoms with Crippen molar-refractivity contribution in [3.8, 4) is 22.7 Å². The number of benzene rings is 2. The Kier molecular flexibility index (Phi) is 5.92. The van der Waals surface area contributed by atoms with Gasteiger partial charge < -0.3 is 19.1 Å². The van der Waals surface area contributed by atoms with Crippen LogP contribution in [-0.4, -0.2) is 60.3 Å². The summed E-state index contributed by atoms with van der Waals surface area (Å²) in [6, 6.07) is 17.5. The first-order chi connectivity index (χ1) is 15.7. The Bertz CT molecular complexity index is 1080. The Morgan fingerprint density at radius 3 is 2.59 bits per heavy atom. The first-order valence-electron chi connectivity index (χ1n) is 11.1. The van der Waals surface area contributed by atoms with Gasteiger partial charge in [0.05, 0.1) is 31.6 Å². The lowest BCUT2D eigenvalue weighted by Crippen LogP contribution is -2.43. The lowest BCUT2D eigenvalue weighted by Gasteiger charge is -2.34. The Morgan fingerprint density at radius 2 is 1.81 bits per heavy atom. The molecule has 2 aliphatic heterocycles. The average Bonchev–Trinajstić information content (AvgIpc) is 3.55. The van der Waals surface area contributed by atoms with Crippen molar-refractivity contribution >= 4 is 5.91 Å². The summed E-state index contributed by atoms with van der Waals surface area (Å²) in [5.74, 6) is 0.842. The molecule has 2 aliphatic rings. The maximum absolute atomic E-state index is 13.7. The van der Waals surface area contributed by atoms with E-state index in [1.54, 1.807) is 11.8 Å². The molecule has 5 rings (SSSR count). The fourth-order valence-corrected chi connectivity index (χ4v) is 4.52. The Balaban J connectivity index is 1.51. The molecule has 3 heterocycles. The zero-order valence-electron chi connectivity index (χ0n) is 18.1. The average molecular weight is 434 g/mol. The predicted octanol–water partition coefficient (Wildman–Crippen LogP) is 3.77. The SMILES string of the molecule is COc1ccccc1-c1nn(-c2ccccc2)cc1C(=O)N1CCCC(C2OCCO2)C1. The van der Waals surface area contributed by atoms with Gasteiger partial charge in [-0.25, -0.2) is 4.68 Å². The van der Waals surface area contributed by atoms with Crippen molar-refractivity contribution in [3.05, 3.63) is 66.4 Å². The minimum atomic E-state index is -0.216. The van der Waals surface area contributed by atoms with Crippen LogP contribution in [-0.2, 0) is 9.47 Å². The van der Waals surface area contributed by atoms with Crippen LogP contribution in [0.15, 0.2) is 60.8 Å². The second-order valence-corrected chi connectivity index (χ2v) is 8.14. The Labute approximate surface area is 187 Å². The third kappa shape index (κ3) is 4.01. The van der Waals surface area contributed by atoms with Gasteiger partial charge in [-0.2, -0.15) is 5.10 Å². The van der Waals surface area contributed by atoms with Crippen molar-refractivity contribution in [2.75, 3.05) is 33.4 Å². The van der Waals surface area contributed by atoms with Crippen LogP contribution in [0.3, 0.4) is 0 Å². The minimum absolute atomic E-state index is 0.0317. The smallest absolute Gasteiger partial charge is 0.257 e. The topological polar surface area (TPSA) is 65.8 Å². The number of carbonyl (C=O) groups excluding carboxylic acids is 1. The number of carbonyl (C=O) groups is 1. The van der Waals surface area contributed by atoms with E-state index in [-0.39, 0.29) is 18.1 Å². The number of rotatable bonds is 5. The molecular weight excluding hydrogens is 406 g/mol. The number of hydrogen-bond donors (Lipinski definition) is 0. The third-order valence-corrected chi connectivity index (χ3v) is 6.11. The van der Waals surface area contributed by atoms with Gasteiger partial charge in [-0.15, -0.1) is 0 Å². The van der Waals surface area contributed by atoms with Gasteiger partial charge in [0.15, 0.2) is 6.29 Å². The second-order valence-electron chi connectivity index (χ2n) is 8.14. The van der Waals surface area contributed by atoms with Crippen LogP contribution in [0.2, 0.25) is 0 Å². The van der Waals surface area contributed by atoms with E-state index < -0.39 is 0 Å². The maximum atomic E-state index is 13.7. The van der Waals surface area contributed by atoms with E-state index in [2.05, 4.69) is 0 Å². The van der Waals surface area contributed by atoms with Crippen LogP contribution in [0.25, 0.3) is 16.9 Å². The van der Waals surface area contributed by atoms with Gasteiger partial charge >= 0.3 is 0 Å². The van der Waals surface area contributed by atoms with Gasteiger partial charge in [0, 0.05) is 30.8 Å². The first kappa shape index (κ1) is 20.7. The molecule has 0 bridgehead atoms. The fraction of sp³-hybridized carbons (Fsp3) is 0.360. The van der Waals surface area contributed by atoms with Gasteiger partial charge in [-0.1, -0.05) is 30.3 Å². The lowest BCUT2D eigenvalue weighted by atomic mass is 9.96. The van der Waals surface area contributed by atoms with E-state index in [0.717, 1.165) is 24.1 Å². The van der Waals surface area contributed by atoms with E-state index in [1.807, 2.05) is 65.7 Å². The van der Waals surface area contributed by atoms with E-state index >= 15 is 0 Å². The summed E-state index contributed by atoms with van der Waals surface area (Å²) in [7, 11) is 1.63. The summed E-state index contributed by atoms with van der Waals surface area (Å²) in [6.07, 6.45) is 3.53. The highest BCUT2D eigenvalue weighted by atomic mass is 16.7. The molecule has 32 heavy (non-hydrogen) atoms. The lowest BCUT2D eigenvalue weighted by molar-refractivity contribution is -0.0969. The summed E-state index contributed by atoms with van der Waals surface area (Å²) >= 11 is 0. The number of likely N-dealkylation sites (tertiary alicyclic amines) is 1. The van der Waals surface area contributed by atoms with Crippen LogP contribution in [0.1, 0.15) is 23.2 Å². The number of ether oxygens (including phenoxy) is 3. The van der Waals surface area contributed by atoms with E-state index in [4.69, 9.17) is 19.3 Å². The molecule has 0 saturated carbocycles. The molecule has 0 spiro atoms. The van der Waals surface area contributed by atoms with Gasteiger partial charge in [-0.3, -0.25) is 4.79 Å². The minimum Gasteiger partial charge on any atom is -0.496 e. The van der Waals surface area contributed by atoms with Gasteiger partial charge in [-0.05, 0) is 37.1 Å². The number of aromatic nitrogens is 2. The molecule has 1 aromatic heterocycles. The summed E-state index contributed by atoms with van der Waals surface area (Å²) in [5, 5.41) is 4.81. The molecular formula is C25H27N3O4. The zero-order chi connectivity index (χ0) is 21.9. The summed E-state index contributed by atoms with van der Waals surface area (Å²) in [6.45, 7) is 2.57. The van der Waals surface area contributed by atoms with Crippen LogP contribution < -0.4 is 4.74 Å². The van der Waals surface area contributed by atoms with Gasteiger partial charge in [0.1, 0.15) is 11.4 Å². The van der Waals surface area contributed by atoms with E-state index in [1.165, 1.54) is 0 Å². The van der Waals surface area contributed by atoms with Crippen molar-refractivity contribution in [2.45, 2.75) is 19.1 Å². The highest BCUT2D eigenvalue weighted by molar-refractivity contribution is 6.00. The Hall–Kier alpha value is -3.16. The standard InChI is InChI=1S/C25H27N3O4/c1-30-22-12-6-5-11-20(22)23-21(17-28(26-23)19-9-3-2-4-10-19)24(29)27-13-7-8-18(16-27)25-31-14-15-32-25/h2-6,9-12,17-18,25H,7-8,13-16H2,1H3. The summed E-state index contributed by atoms with van der Waals surface area (Å²) in [5.41, 5.74) is 2.87. The largest absolute Gasteiger partial charge is 0.496 e. The molecule has 3 aromatic rings. The van der Waals surface area contributed by atoms with Crippen LogP contribution in [0.5, 0.6) is 5.75 Å². The van der Waals surface area contributed by atoms with Crippen molar-refractivity contribution < 1.29 is 19.0 Å². The van der Waals surface area contributed by atoms with E-state index in [0.29, 0.717) is 43.3 Å². The molecule has 2 fully saturated rings. The zero-order valence-corrected chi connectivity index (χ0v) is 18.1. The van der Waals surface area contributed by atoms with Gasteiger partial charge in [0.2, 0.25) is 0 Å². The van der Waals surface area contributed by atoms with Crippen molar-refractivity contribution in [2.24, 2.45) is 5.92 Å². The number of hydrogen-bond acceptors (Lipinski definition) is 5. The van der Waals surface area contributed by atoms with Crippen LogP contribution >= 0.6 is 0 Å². The first-order valence-corrected chi connectivity index (χ1v) is 11.1. The maximum Gasteiger partial charge on any atom is 0.257 e. The predicted molar refractivity (Wildman–Crippen MR) is 120 cm³/mol. The number of amides is 1. The number of methoxy groups -OCH3 is 1. The molecule has 2 aromatic carbocycles. The second kappa shape index (κ2) is 9.14. The number of piperidine rings is 1. The molecule has 1 amide bonds. The quantitative estimate of drug-likeness (QED) is 0.613. The number of nitrogens with zero attached hydrogens (tertiary/aromatic N) is 3. The highest BCUT2D eigenvalue weighted by Crippen LogP contribution is 2.33. The molecule has 0 aliphatic carbocycles. The molecule has 0 radical (unpaired) electrons. The monoisotopic (exact) mass is 433 g/mol. The molecule has 2 saturated heterocycles. The normalized spacial score (nSPS) is 19.3. The molecule has 166 valence electrons. The third-order valence-electron chi connectivity index (χ3n) is 6.11. The van der Waals surface area contributed by atoms with Crippen molar-refractivity contribution in [1.29, 1.82) is 0 Å². The van der Waals surface area contributed by atoms with Crippen molar-refractivity contribution in [1.82, 2.24) is 14.7 Å². The number of para-hydroxylation sites is 2. The Morgan fingerprint density at radius 1 is 1.06 bits per heavy atom. The molecule has 1 unspecified atom stereocenters. The molecule has 0 N–H and O–H groups in total. The molecule has 7 heteroatoms. The molecule has 1 atom stereocenters. The summed E-state index contributed by atoms with van der Waals surface area (Å²) in [4.78, 5) is 15.7. The van der Waals surface area contributed by atoms with Crippen LogP contribution in [0.4, 0.5) is 0 Å². The van der Waals surface area contributed by atoms with E-state index in [9.17, 15) is 4.79 Å². The van der Waals surface area contributed by atoms with Gasteiger partial charge in [0.25, 0.3) is 5.91 Å². The van der Waals surface area contributed by atoms with Crippen LogP contribution in [0, 0.1) is 5.92 Å². The van der Waals surface area contributed by atoms with Crippen molar-refractivity contribution in [3.63, 3.8) is 0 Å².